The van der Waals surface area contributed by atoms with Crippen molar-refractivity contribution in [2.45, 2.75) is 37.8 Å². The molecule has 27 heavy (non-hydrogen) atoms. The number of nitrogens with one attached hydrogen (secondary N) is 1. The Morgan fingerprint density at radius 1 is 1.07 bits per heavy atom. The van der Waals surface area contributed by atoms with Crippen molar-refractivity contribution in [3.05, 3.63) is 47.5 Å². The maximum atomic E-state index is 13.7. The van der Waals surface area contributed by atoms with E-state index in [0.717, 1.165) is 12.1 Å². The van der Waals surface area contributed by atoms with Crippen molar-refractivity contribution < 1.29 is 27.4 Å². The molecule has 0 atom stereocenters. The van der Waals surface area contributed by atoms with Crippen LogP contribution in [0.4, 0.5) is 13.2 Å². The standard InChI is InChI=1S/C18H18F3N3O3/c1-26-14-8-22-9-15(24-14)27-11-4-2-10(3-5-11)23-18(25)12-6-7-13(19)17(21)16(12)20/h6-11H,2-5H2,1H3,(H,23,25). The Morgan fingerprint density at radius 3 is 2.48 bits per heavy atom. The van der Waals surface area contributed by atoms with Gasteiger partial charge >= 0.3 is 0 Å². The number of ether oxygens (including phenoxy) is 2. The molecule has 1 saturated carbocycles. The third kappa shape index (κ3) is 4.47. The summed E-state index contributed by atoms with van der Waals surface area (Å²) in [4.78, 5) is 20.2. The van der Waals surface area contributed by atoms with E-state index in [9.17, 15) is 18.0 Å². The van der Waals surface area contributed by atoms with Crippen LogP contribution in [-0.2, 0) is 0 Å². The van der Waals surface area contributed by atoms with Gasteiger partial charge in [-0.05, 0) is 37.8 Å². The average Bonchev–Trinajstić information content (AvgIpc) is 2.68. The second-order valence-corrected chi connectivity index (χ2v) is 6.19. The zero-order valence-electron chi connectivity index (χ0n) is 14.5. The molecule has 1 heterocycles. The molecular weight excluding hydrogens is 363 g/mol. The molecule has 0 bridgehead atoms. The van der Waals surface area contributed by atoms with Gasteiger partial charge in [-0.1, -0.05) is 0 Å². The van der Waals surface area contributed by atoms with Gasteiger partial charge in [-0.25, -0.2) is 13.2 Å². The molecule has 2 aromatic rings. The zero-order valence-corrected chi connectivity index (χ0v) is 14.5. The molecule has 0 radical (unpaired) electrons. The van der Waals surface area contributed by atoms with E-state index in [0.29, 0.717) is 37.4 Å². The van der Waals surface area contributed by atoms with Gasteiger partial charge in [-0.2, -0.15) is 4.98 Å². The highest BCUT2D eigenvalue weighted by Crippen LogP contribution is 2.24. The first-order valence-electron chi connectivity index (χ1n) is 8.45. The highest BCUT2D eigenvalue weighted by molar-refractivity contribution is 5.94. The molecule has 1 aromatic heterocycles. The fourth-order valence-electron chi connectivity index (χ4n) is 2.95. The number of halogens is 3. The van der Waals surface area contributed by atoms with Crippen molar-refractivity contribution >= 4 is 5.91 Å². The predicted molar refractivity (Wildman–Crippen MR) is 89.0 cm³/mol. The third-order valence-electron chi connectivity index (χ3n) is 4.38. The van der Waals surface area contributed by atoms with Crippen molar-refractivity contribution in [2.75, 3.05) is 7.11 Å². The summed E-state index contributed by atoms with van der Waals surface area (Å²) in [5.41, 5.74) is -0.515. The van der Waals surface area contributed by atoms with Crippen LogP contribution in [0.25, 0.3) is 0 Å². The Bertz CT molecular complexity index is 827. The second-order valence-electron chi connectivity index (χ2n) is 6.19. The number of rotatable bonds is 5. The van der Waals surface area contributed by atoms with Gasteiger partial charge in [0, 0.05) is 6.04 Å². The van der Waals surface area contributed by atoms with Crippen LogP contribution in [0, 0.1) is 17.5 Å². The molecule has 144 valence electrons. The number of nitrogens with zero attached hydrogens (tertiary/aromatic N) is 2. The van der Waals surface area contributed by atoms with E-state index >= 15 is 0 Å². The fourth-order valence-corrected chi connectivity index (χ4v) is 2.95. The Morgan fingerprint density at radius 2 is 1.78 bits per heavy atom. The summed E-state index contributed by atoms with van der Waals surface area (Å²) < 4.78 is 50.7. The lowest BCUT2D eigenvalue weighted by molar-refractivity contribution is 0.0884. The van der Waals surface area contributed by atoms with Crippen LogP contribution in [0.1, 0.15) is 36.0 Å². The number of hydrogen-bond donors (Lipinski definition) is 1. The Kier molecular flexibility index (Phi) is 5.78. The SMILES string of the molecule is COc1cncc(OC2CCC(NC(=O)c3ccc(F)c(F)c3F)CC2)n1. The van der Waals surface area contributed by atoms with Crippen molar-refractivity contribution in [2.24, 2.45) is 0 Å². The van der Waals surface area contributed by atoms with Crippen LogP contribution in [0.3, 0.4) is 0 Å². The lowest BCUT2D eigenvalue weighted by Crippen LogP contribution is -2.40. The number of amides is 1. The van der Waals surface area contributed by atoms with Gasteiger partial charge in [0.2, 0.25) is 11.8 Å². The topological polar surface area (TPSA) is 73.3 Å². The lowest BCUT2D eigenvalue weighted by atomic mass is 9.92. The number of benzene rings is 1. The molecule has 1 N–H and O–H groups in total. The summed E-state index contributed by atoms with van der Waals surface area (Å²) in [6, 6.07) is 1.45. The number of aromatic nitrogens is 2. The van der Waals surface area contributed by atoms with Crippen LogP contribution in [0.15, 0.2) is 24.5 Å². The average molecular weight is 381 g/mol. The van der Waals surface area contributed by atoms with Crippen molar-refractivity contribution in [1.82, 2.24) is 15.3 Å². The Labute approximate surface area is 153 Å². The van der Waals surface area contributed by atoms with Gasteiger partial charge in [0.25, 0.3) is 5.91 Å². The van der Waals surface area contributed by atoms with Gasteiger partial charge in [0.05, 0.1) is 25.1 Å². The van der Waals surface area contributed by atoms with Crippen LogP contribution in [0.5, 0.6) is 11.8 Å². The van der Waals surface area contributed by atoms with E-state index in [1.54, 1.807) is 0 Å². The van der Waals surface area contributed by atoms with Crippen LogP contribution >= 0.6 is 0 Å². The number of carbonyl (C=O) groups excluding carboxylic acids is 1. The van der Waals surface area contributed by atoms with Gasteiger partial charge in [0.15, 0.2) is 17.5 Å². The largest absolute Gasteiger partial charge is 0.480 e. The Balaban J connectivity index is 1.53. The highest BCUT2D eigenvalue weighted by atomic mass is 19.2. The van der Waals surface area contributed by atoms with Crippen LogP contribution in [0.2, 0.25) is 0 Å². The molecule has 9 heteroatoms. The number of carbonyl (C=O) groups is 1. The van der Waals surface area contributed by atoms with Crippen molar-refractivity contribution in [3.8, 4) is 11.8 Å². The number of methoxy groups -OCH3 is 1. The maximum absolute atomic E-state index is 13.7. The molecule has 6 nitrogen and oxygen atoms in total. The van der Waals surface area contributed by atoms with E-state index in [4.69, 9.17) is 9.47 Å². The first-order chi connectivity index (χ1) is 13.0. The molecule has 0 aliphatic heterocycles. The molecule has 0 unspecified atom stereocenters. The normalized spacial score (nSPS) is 19.4. The summed E-state index contributed by atoms with van der Waals surface area (Å²) in [6.07, 6.45) is 5.34. The first-order valence-corrected chi connectivity index (χ1v) is 8.45. The van der Waals surface area contributed by atoms with E-state index in [-0.39, 0.29) is 12.1 Å². The smallest absolute Gasteiger partial charge is 0.254 e. The van der Waals surface area contributed by atoms with E-state index in [2.05, 4.69) is 15.3 Å². The van der Waals surface area contributed by atoms with E-state index in [1.807, 2.05) is 0 Å². The second kappa shape index (κ2) is 8.24. The fraction of sp³-hybridized carbons (Fsp3) is 0.389. The third-order valence-corrected chi connectivity index (χ3v) is 4.38. The van der Waals surface area contributed by atoms with E-state index in [1.165, 1.54) is 19.5 Å². The van der Waals surface area contributed by atoms with Crippen molar-refractivity contribution in [3.63, 3.8) is 0 Å². The van der Waals surface area contributed by atoms with Gasteiger partial charge < -0.3 is 14.8 Å². The van der Waals surface area contributed by atoms with Crippen LogP contribution < -0.4 is 14.8 Å². The number of hydrogen-bond acceptors (Lipinski definition) is 5. The summed E-state index contributed by atoms with van der Waals surface area (Å²) in [6.45, 7) is 0. The van der Waals surface area contributed by atoms with Gasteiger partial charge in [-0.15, -0.1) is 0 Å². The minimum absolute atomic E-state index is 0.0976. The Hall–Kier alpha value is -2.84. The first kappa shape index (κ1) is 18.9. The minimum Gasteiger partial charge on any atom is -0.480 e. The minimum atomic E-state index is -1.65. The predicted octanol–water partition coefficient (Wildman–Crippen LogP) is 3.02. The summed E-state index contributed by atoms with van der Waals surface area (Å²) in [5, 5.41) is 2.65. The molecule has 1 amide bonds. The molecule has 0 spiro atoms. The van der Waals surface area contributed by atoms with Crippen molar-refractivity contribution in [1.29, 1.82) is 0 Å². The highest BCUT2D eigenvalue weighted by Gasteiger charge is 2.26. The van der Waals surface area contributed by atoms with E-state index < -0.39 is 28.9 Å². The molecule has 1 aliphatic rings. The maximum Gasteiger partial charge on any atom is 0.254 e. The molecular formula is C18H18F3N3O3. The zero-order chi connectivity index (χ0) is 19.4. The van der Waals surface area contributed by atoms with Gasteiger partial charge in [0.1, 0.15) is 6.10 Å². The summed E-state index contributed by atoms with van der Waals surface area (Å²) in [7, 11) is 1.48. The van der Waals surface area contributed by atoms with Crippen LogP contribution in [-0.4, -0.2) is 35.1 Å². The lowest BCUT2D eigenvalue weighted by Gasteiger charge is -2.29. The molecule has 1 aromatic carbocycles. The van der Waals surface area contributed by atoms with Gasteiger partial charge in [-0.3, -0.25) is 9.78 Å². The quantitative estimate of drug-likeness (QED) is 0.806. The molecule has 1 aliphatic carbocycles. The molecule has 0 saturated heterocycles. The molecule has 1 fully saturated rings. The summed E-state index contributed by atoms with van der Waals surface area (Å²) >= 11 is 0. The molecule has 3 rings (SSSR count). The monoisotopic (exact) mass is 381 g/mol. The summed E-state index contributed by atoms with van der Waals surface area (Å²) in [5.74, 6) is -4.54.